The van der Waals surface area contributed by atoms with E-state index in [0.717, 1.165) is 10.5 Å². The highest BCUT2D eigenvalue weighted by molar-refractivity contribution is 9.10. The van der Waals surface area contributed by atoms with E-state index in [1.165, 1.54) is 18.2 Å². The largest absolute Gasteiger partial charge is 0.508 e. The van der Waals surface area contributed by atoms with E-state index in [9.17, 15) is 4.79 Å². The Morgan fingerprint density at radius 3 is 2.77 bits per heavy atom. The fourth-order valence-corrected chi connectivity index (χ4v) is 1.20. The zero-order valence-electron chi connectivity index (χ0n) is 6.57. The second-order valence-corrected chi connectivity index (χ2v) is 3.23. The van der Waals surface area contributed by atoms with Gasteiger partial charge in [-0.25, -0.2) is 4.79 Å². The molecule has 2 N–H and O–H groups in total. The molecule has 4 heteroatoms. The van der Waals surface area contributed by atoms with E-state index in [0.29, 0.717) is 5.56 Å². The van der Waals surface area contributed by atoms with E-state index in [4.69, 9.17) is 10.2 Å². The van der Waals surface area contributed by atoms with Crippen LogP contribution in [-0.2, 0) is 4.79 Å². The molecule has 3 nitrogen and oxygen atoms in total. The summed E-state index contributed by atoms with van der Waals surface area (Å²) in [5.41, 5.74) is 0.627. The lowest BCUT2D eigenvalue weighted by Gasteiger charge is -1.98. The van der Waals surface area contributed by atoms with E-state index in [2.05, 4.69) is 15.9 Å². The minimum atomic E-state index is -1.02. The quantitative estimate of drug-likeness (QED) is 0.783. The van der Waals surface area contributed by atoms with Crippen LogP contribution in [0, 0.1) is 0 Å². The molecule has 0 atom stereocenters. The summed E-state index contributed by atoms with van der Waals surface area (Å²) in [6.45, 7) is 0. The molecule has 1 aromatic rings. The van der Waals surface area contributed by atoms with Crippen LogP contribution >= 0.6 is 15.9 Å². The van der Waals surface area contributed by atoms with Crippen molar-refractivity contribution in [1.82, 2.24) is 0 Å². The van der Waals surface area contributed by atoms with Crippen LogP contribution in [0.5, 0.6) is 5.75 Å². The van der Waals surface area contributed by atoms with Gasteiger partial charge >= 0.3 is 5.97 Å². The van der Waals surface area contributed by atoms with Crippen LogP contribution in [0.3, 0.4) is 0 Å². The molecule has 68 valence electrons. The number of phenols is 1. The molecule has 0 saturated heterocycles. The van der Waals surface area contributed by atoms with Crippen molar-refractivity contribution in [3.8, 4) is 5.75 Å². The van der Waals surface area contributed by atoms with Crippen LogP contribution in [-0.4, -0.2) is 16.2 Å². The van der Waals surface area contributed by atoms with Crippen LogP contribution < -0.4 is 0 Å². The van der Waals surface area contributed by atoms with Crippen molar-refractivity contribution in [2.24, 2.45) is 0 Å². The van der Waals surface area contributed by atoms with Crippen molar-refractivity contribution in [2.75, 3.05) is 0 Å². The highest BCUT2D eigenvalue weighted by atomic mass is 79.9. The summed E-state index contributed by atoms with van der Waals surface area (Å²) < 4.78 is 0.739. The number of hydrogen-bond donors (Lipinski definition) is 2. The Morgan fingerprint density at radius 2 is 2.15 bits per heavy atom. The number of hydrogen-bond acceptors (Lipinski definition) is 2. The fourth-order valence-electron chi connectivity index (χ4n) is 0.820. The second kappa shape index (κ2) is 4.09. The SMILES string of the molecule is O=C(O)C=Cc1cc(O)ccc1Br. The molecule has 0 saturated carbocycles. The Balaban J connectivity index is 3.00. The molecule has 0 spiro atoms. The Morgan fingerprint density at radius 1 is 1.46 bits per heavy atom. The zero-order chi connectivity index (χ0) is 9.84. The van der Waals surface area contributed by atoms with Gasteiger partial charge in [0.25, 0.3) is 0 Å². The summed E-state index contributed by atoms with van der Waals surface area (Å²) in [7, 11) is 0. The number of carboxylic acids is 1. The van der Waals surface area contributed by atoms with Gasteiger partial charge in [-0.05, 0) is 29.8 Å². The maximum Gasteiger partial charge on any atom is 0.328 e. The maximum absolute atomic E-state index is 10.2. The molecule has 0 aromatic heterocycles. The van der Waals surface area contributed by atoms with E-state index in [1.807, 2.05) is 0 Å². The van der Waals surface area contributed by atoms with E-state index >= 15 is 0 Å². The lowest BCUT2D eigenvalue weighted by molar-refractivity contribution is -0.131. The maximum atomic E-state index is 10.2. The first kappa shape index (κ1) is 9.80. The minimum Gasteiger partial charge on any atom is -0.508 e. The van der Waals surface area contributed by atoms with Gasteiger partial charge in [0.05, 0.1) is 0 Å². The zero-order valence-corrected chi connectivity index (χ0v) is 8.15. The van der Waals surface area contributed by atoms with Crippen LogP contribution in [0.4, 0.5) is 0 Å². The molecule has 0 bridgehead atoms. The second-order valence-electron chi connectivity index (χ2n) is 2.38. The minimum absolute atomic E-state index is 0.105. The normalized spacial score (nSPS) is 10.5. The number of carbonyl (C=O) groups is 1. The summed E-state index contributed by atoms with van der Waals surface area (Å²) in [6, 6.07) is 4.64. The first-order chi connectivity index (χ1) is 6.09. The predicted octanol–water partition coefficient (Wildman–Crippen LogP) is 2.25. The number of aliphatic carboxylic acids is 1. The average Bonchev–Trinajstić information content (AvgIpc) is 2.06. The number of aromatic hydroxyl groups is 1. The number of phenolic OH excluding ortho intramolecular Hbond substituents is 1. The smallest absolute Gasteiger partial charge is 0.328 e. The number of carboxylic acid groups (broad SMARTS) is 1. The van der Waals surface area contributed by atoms with Gasteiger partial charge in [-0.3, -0.25) is 0 Å². The molecule has 0 aliphatic heterocycles. The van der Waals surface area contributed by atoms with Crippen molar-refractivity contribution in [3.05, 3.63) is 34.3 Å². The molecule has 0 aliphatic rings. The van der Waals surface area contributed by atoms with Crippen molar-refractivity contribution < 1.29 is 15.0 Å². The number of rotatable bonds is 2. The van der Waals surface area contributed by atoms with Crippen LogP contribution in [0.15, 0.2) is 28.7 Å². The van der Waals surface area contributed by atoms with Gasteiger partial charge in [0.15, 0.2) is 0 Å². The van der Waals surface area contributed by atoms with Gasteiger partial charge in [0.2, 0.25) is 0 Å². The number of halogens is 1. The Labute approximate surface area is 83.5 Å². The lowest BCUT2D eigenvalue weighted by Crippen LogP contribution is -1.86. The summed E-state index contributed by atoms with van der Waals surface area (Å²) in [4.78, 5) is 10.2. The monoisotopic (exact) mass is 242 g/mol. The predicted molar refractivity (Wildman–Crippen MR) is 52.5 cm³/mol. The van der Waals surface area contributed by atoms with Gasteiger partial charge in [-0.2, -0.15) is 0 Å². The highest BCUT2D eigenvalue weighted by Gasteiger charge is 1.97. The third kappa shape index (κ3) is 2.91. The third-order valence-corrected chi connectivity index (χ3v) is 2.11. The summed E-state index contributed by atoms with van der Waals surface area (Å²) >= 11 is 3.23. The molecule has 0 amide bonds. The Bertz CT molecular complexity index is 358. The molecule has 0 aliphatic carbocycles. The van der Waals surface area contributed by atoms with Gasteiger partial charge in [-0.1, -0.05) is 15.9 Å². The molecule has 0 radical (unpaired) electrons. The molecular weight excluding hydrogens is 236 g/mol. The van der Waals surface area contributed by atoms with Crippen molar-refractivity contribution in [2.45, 2.75) is 0 Å². The summed E-state index contributed by atoms with van der Waals surface area (Å²) in [5.74, 6) is -0.913. The van der Waals surface area contributed by atoms with Gasteiger partial charge in [-0.15, -0.1) is 0 Å². The number of benzene rings is 1. The van der Waals surface area contributed by atoms with Gasteiger partial charge in [0, 0.05) is 10.5 Å². The molecule has 13 heavy (non-hydrogen) atoms. The average molecular weight is 243 g/mol. The van der Waals surface area contributed by atoms with Crippen LogP contribution in [0.25, 0.3) is 6.08 Å². The van der Waals surface area contributed by atoms with Crippen molar-refractivity contribution in [3.63, 3.8) is 0 Å². The van der Waals surface area contributed by atoms with Crippen molar-refractivity contribution >= 4 is 28.0 Å². The molecule has 1 aromatic carbocycles. The summed E-state index contributed by atoms with van der Waals surface area (Å²) in [6.07, 6.45) is 2.42. The molecule has 0 unspecified atom stereocenters. The highest BCUT2D eigenvalue weighted by Crippen LogP contribution is 2.22. The van der Waals surface area contributed by atoms with E-state index < -0.39 is 5.97 Å². The first-order valence-electron chi connectivity index (χ1n) is 3.49. The topological polar surface area (TPSA) is 57.5 Å². The van der Waals surface area contributed by atoms with Crippen LogP contribution in [0.1, 0.15) is 5.56 Å². The molecule has 0 fully saturated rings. The van der Waals surface area contributed by atoms with Crippen molar-refractivity contribution in [1.29, 1.82) is 0 Å². The lowest BCUT2D eigenvalue weighted by atomic mass is 10.2. The molecule has 1 rings (SSSR count). The van der Waals surface area contributed by atoms with Gasteiger partial charge < -0.3 is 10.2 Å². The summed E-state index contributed by atoms with van der Waals surface area (Å²) in [5, 5.41) is 17.5. The Hall–Kier alpha value is -1.29. The molecular formula is C9H7BrO3. The molecule has 0 heterocycles. The first-order valence-corrected chi connectivity index (χ1v) is 4.28. The Kier molecular flexibility index (Phi) is 3.08. The fraction of sp³-hybridized carbons (Fsp3) is 0. The van der Waals surface area contributed by atoms with E-state index in [1.54, 1.807) is 6.07 Å². The van der Waals surface area contributed by atoms with Gasteiger partial charge in [0.1, 0.15) is 5.75 Å². The standard InChI is InChI=1S/C9H7BrO3/c10-8-3-2-7(11)5-6(8)1-4-9(12)13/h1-5,11H,(H,12,13). The van der Waals surface area contributed by atoms with Crippen LogP contribution in [0.2, 0.25) is 0 Å². The third-order valence-electron chi connectivity index (χ3n) is 1.39. The van der Waals surface area contributed by atoms with E-state index in [-0.39, 0.29) is 5.75 Å².